The van der Waals surface area contributed by atoms with Gasteiger partial charge in [-0.3, -0.25) is 0 Å². The van der Waals surface area contributed by atoms with Crippen LogP contribution in [0.3, 0.4) is 0 Å². The zero-order valence-electron chi connectivity index (χ0n) is 13.3. The summed E-state index contributed by atoms with van der Waals surface area (Å²) in [6.07, 6.45) is 2.53. The van der Waals surface area contributed by atoms with Crippen LogP contribution in [0, 0.1) is 5.92 Å². The molecule has 0 aliphatic heterocycles. The summed E-state index contributed by atoms with van der Waals surface area (Å²) in [6.45, 7) is 2.51. The Morgan fingerprint density at radius 1 is 1.09 bits per heavy atom. The van der Waals surface area contributed by atoms with Crippen molar-refractivity contribution in [1.29, 1.82) is 0 Å². The van der Waals surface area contributed by atoms with Crippen molar-refractivity contribution >= 4 is 11.9 Å². The molecule has 0 spiro atoms. The van der Waals surface area contributed by atoms with Gasteiger partial charge in [-0.2, -0.15) is 0 Å². The van der Waals surface area contributed by atoms with Gasteiger partial charge in [0.15, 0.2) is 11.7 Å². The van der Waals surface area contributed by atoms with Crippen molar-refractivity contribution < 1.29 is 34.8 Å². The molecule has 0 amide bonds. The summed E-state index contributed by atoms with van der Waals surface area (Å²) in [6, 6.07) is 0. The summed E-state index contributed by atoms with van der Waals surface area (Å²) >= 11 is 0. The third-order valence-corrected chi connectivity index (χ3v) is 3.40. The summed E-state index contributed by atoms with van der Waals surface area (Å²) in [5, 5.41) is 36.8. The monoisotopic (exact) mass is 320 g/mol. The molecular weight excluding hydrogens is 292 g/mol. The molecule has 0 heterocycles. The predicted molar refractivity (Wildman–Crippen MR) is 78.8 cm³/mol. The maximum Gasteiger partial charge on any atom is 0.348 e. The number of carbonyl (C=O) groups excluding carboxylic acids is 2. The van der Waals surface area contributed by atoms with E-state index >= 15 is 0 Å². The van der Waals surface area contributed by atoms with Gasteiger partial charge in [-0.1, -0.05) is 39.5 Å². The minimum absolute atomic E-state index is 0.0352. The molecule has 0 aliphatic carbocycles. The molecule has 0 aliphatic rings. The van der Waals surface area contributed by atoms with Gasteiger partial charge in [-0.15, -0.1) is 0 Å². The number of rotatable bonds is 11. The van der Waals surface area contributed by atoms with E-state index in [1.807, 2.05) is 0 Å². The first-order chi connectivity index (χ1) is 10.3. The van der Waals surface area contributed by atoms with Gasteiger partial charge < -0.3 is 25.2 Å². The van der Waals surface area contributed by atoms with E-state index in [0.717, 1.165) is 25.7 Å². The lowest BCUT2D eigenvalue weighted by atomic mass is 9.96. The van der Waals surface area contributed by atoms with Crippen LogP contribution in [0.4, 0.5) is 0 Å². The fourth-order valence-corrected chi connectivity index (χ4v) is 1.90. The van der Waals surface area contributed by atoms with Crippen molar-refractivity contribution in [3.8, 4) is 0 Å². The van der Waals surface area contributed by atoms with Gasteiger partial charge in [0, 0.05) is 0 Å². The Labute approximate surface area is 130 Å². The summed E-state index contributed by atoms with van der Waals surface area (Å²) < 4.78 is 4.27. The second kappa shape index (κ2) is 10.7. The number of hydrogen-bond acceptors (Lipinski definition) is 7. The number of esters is 2. The molecule has 0 bridgehead atoms. The quantitative estimate of drug-likeness (QED) is 0.242. The fourth-order valence-electron chi connectivity index (χ4n) is 1.90. The Balaban J connectivity index is 4.21. The van der Waals surface area contributed by atoms with Crippen molar-refractivity contribution in [2.45, 2.75) is 64.1 Å². The van der Waals surface area contributed by atoms with Gasteiger partial charge in [-0.05, 0) is 18.8 Å². The zero-order chi connectivity index (χ0) is 17.2. The van der Waals surface area contributed by atoms with Crippen molar-refractivity contribution in [3.05, 3.63) is 0 Å². The zero-order valence-corrected chi connectivity index (χ0v) is 13.3. The van der Waals surface area contributed by atoms with E-state index < -0.39 is 36.9 Å². The van der Waals surface area contributed by atoms with E-state index in [-0.39, 0.29) is 6.42 Å². The van der Waals surface area contributed by atoms with E-state index in [1.165, 1.54) is 0 Å². The molecule has 0 aromatic carbocycles. The van der Waals surface area contributed by atoms with Crippen LogP contribution in [0.5, 0.6) is 0 Å². The molecule has 4 N–H and O–H groups in total. The summed E-state index contributed by atoms with van der Waals surface area (Å²) in [4.78, 5) is 22.9. The highest BCUT2D eigenvalue weighted by Gasteiger charge is 2.38. The van der Waals surface area contributed by atoms with E-state index in [9.17, 15) is 14.7 Å². The maximum absolute atomic E-state index is 11.7. The van der Waals surface area contributed by atoms with E-state index in [2.05, 4.69) is 18.6 Å². The highest BCUT2D eigenvalue weighted by Crippen LogP contribution is 2.18. The van der Waals surface area contributed by atoms with E-state index in [1.54, 1.807) is 0 Å². The summed E-state index contributed by atoms with van der Waals surface area (Å²) in [5.74, 6) is -2.03. The van der Waals surface area contributed by atoms with Crippen molar-refractivity contribution in [2.24, 2.45) is 5.92 Å². The summed E-state index contributed by atoms with van der Waals surface area (Å²) in [5.41, 5.74) is -2.16. The van der Waals surface area contributed by atoms with Crippen LogP contribution >= 0.6 is 0 Å². The molecule has 0 aromatic heterocycles. The third kappa shape index (κ3) is 7.84. The Hall–Kier alpha value is -1.02. The minimum Gasteiger partial charge on any atom is -0.393 e. The first-order valence-corrected chi connectivity index (χ1v) is 7.65. The number of ether oxygens (including phenoxy) is 1. The SMILES string of the molecule is CC(C)CCCCCCC(O)(CO)C(=O)OC(=O)C(O)CO. The largest absolute Gasteiger partial charge is 0.393 e. The molecule has 0 radical (unpaired) electrons. The van der Waals surface area contributed by atoms with Gasteiger partial charge in [0.05, 0.1) is 13.2 Å². The van der Waals surface area contributed by atoms with Crippen LogP contribution in [0.1, 0.15) is 52.4 Å². The lowest BCUT2D eigenvalue weighted by Gasteiger charge is -2.23. The van der Waals surface area contributed by atoms with Crippen LogP contribution in [0.15, 0.2) is 0 Å². The Bertz CT molecular complexity index is 343. The van der Waals surface area contributed by atoms with Gasteiger partial charge in [0.25, 0.3) is 0 Å². The predicted octanol–water partition coefficient (Wildman–Crippen LogP) is 0.129. The normalized spacial score (nSPS) is 15.4. The Morgan fingerprint density at radius 2 is 1.68 bits per heavy atom. The fraction of sp³-hybridized carbons (Fsp3) is 0.867. The van der Waals surface area contributed by atoms with Gasteiger partial charge in [-0.25, -0.2) is 9.59 Å². The number of aliphatic hydroxyl groups excluding tert-OH is 3. The molecule has 7 nitrogen and oxygen atoms in total. The second-order valence-electron chi connectivity index (χ2n) is 5.94. The summed E-state index contributed by atoms with van der Waals surface area (Å²) in [7, 11) is 0. The van der Waals surface area contributed by atoms with Gasteiger partial charge in [0.1, 0.15) is 0 Å². The molecule has 0 saturated carbocycles. The molecule has 0 saturated heterocycles. The van der Waals surface area contributed by atoms with Crippen LogP contribution < -0.4 is 0 Å². The van der Waals surface area contributed by atoms with Gasteiger partial charge in [0.2, 0.25) is 0 Å². The molecule has 22 heavy (non-hydrogen) atoms. The molecular formula is C15H28O7. The maximum atomic E-state index is 11.7. The van der Waals surface area contributed by atoms with Gasteiger partial charge >= 0.3 is 11.9 Å². The van der Waals surface area contributed by atoms with Crippen LogP contribution in [0.2, 0.25) is 0 Å². The number of hydrogen-bond donors (Lipinski definition) is 4. The lowest BCUT2D eigenvalue weighted by Crippen LogP contribution is -2.46. The van der Waals surface area contributed by atoms with Crippen LogP contribution in [-0.4, -0.2) is 57.3 Å². The molecule has 0 aromatic rings. The molecule has 2 unspecified atom stereocenters. The molecule has 2 atom stereocenters. The minimum atomic E-state index is -2.16. The third-order valence-electron chi connectivity index (χ3n) is 3.40. The van der Waals surface area contributed by atoms with Crippen molar-refractivity contribution in [1.82, 2.24) is 0 Å². The van der Waals surface area contributed by atoms with Crippen molar-refractivity contribution in [2.75, 3.05) is 13.2 Å². The Morgan fingerprint density at radius 3 is 2.18 bits per heavy atom. The smallest absolute Gasteiger partial charge is 0.348 e. The standard InChI is InChI=1S/C15H28O7/c1-11(2)7-5-3-4-6-8-15(21,10-17)14(20)22-13(19)12(18)9-16/h11-12,16-18,21H,3-10H2,1-2H3. The van der Waals surface area contributed by atoms with Crippen molar-refractivity contribution in [3.63, 3.8) is 0 Å². The highest BCUT2D eigenvalue weighted by atomic mass is 16.6. The lowest BCUT2D eigenvalue weighted by molar-refractivity contribution is -0.183. The average Bonchev–Trinajstić information content (AvgIpc) is 2.48. The Kier molecular flexibility index (Phi) is 10.2. The molecule has 0 fully saturated rings. The van der Waals surface area contributed by atoms with Crippen LogP contribution in [-0.2, 0) is 14.3 Å². The first-order valence-electron chi connectivity index (χ1n) is 7.65. The number of carbonyl (C=O) groups is 2. The number of aliphatic hydroxyl groups is 4. The molecule has 130 valence electrons. The van der Waals surface area contributed by atoms with Crippen LogP contribution in [0.25, 0.3) is 0 Å². The number of unbranched alkanes of at least 4 members (excludes halogenated alkanes) is 3. The average molecular weight is 320 g/mol. The molecule has 0 rings (SSSR count). The highest BCUT2D eigenvalue weighted by molar-refractivity contribution is 5.92. The molecule has 7 heteroatoms. The van der Waals surface area contributed by atoms with E-state index in [0.29, 0.717) is 12.3 Å². The first kappa shape index (κ1) is 21.0. The topological polar surface area (TPSA) is 124 Å². The second-order valence-corrected chi connectivity index (χ2v) is 5.94. The van der Waals surface area contributed by atoms with E-state index in [4.69, 9.17) is 15.3 Å².